The Morgan fingerprint density at radius 1 is 1.16 bits per heavy atom. The number of rotatable bonds is 8. The second kappa shape index (κ2) is 9.86. The zero-order valence-electron chi connectivity index (χ0n) is 19.3. The first-order chi connectivity index (χ1) is 17.8. The Bertz CT molecular complexity index is 1610. The van der Waals surface area contributed by atoms with Gasteiger partial charge in [0.15, 0.2) is 5.76 Å². The highest BCUT2D eigenvalue weighted by molar-refractivity contribution is 7.21. The van der Waals surface area contributed by atoms with Gasteiger partial charge in [-0.1, -0.05) is 18.2 Å². The molecule has 3 N–H and O–H groups in total. The van der Waals surface area contributed by atoms with Crippen molar-refractivity contribution < 1.29 is 31.9 Å². The third-order valence-electron chi connectivity index (χ3n) is 5.50. The summed E-state index contributed by atoms with van der Waals surface area (Å²) in [6.45, 7) is 2.00. The van der Waals surface area contributed by atoms with Gasteiger partial charge in [-0.3, -0.25) is 9.59 Å². The fourth-order valence-corrected chi connectivity index (χ4v) is 4.78. The van der Waals surface area contributed by atoms with Crippen molar-refractivity contribution in [3.8, 4) is 17.1 Å². The number of furan rings is 2. The molecule has 11 heteroatoms. The van der Waals surface area contributed by atoms with Gasteiger partial charge in [-0.15, -0.1) is 11.3 Å². The number of nitrogens with one attached hydrogen (secondary N) is 1. The van der Waals surface area contributed by atoms with Crippen LogP contribution in [0.2, 0.25) is 0 Å². The van der Waals surface area contributed by atoms with Crippen molar-refractivity contribution in [3.05, 3.63) is 88.5 Å². The lowest BCUT2D eigenvalue weighted by Crippen LogP contribution is -2.16. The van der Waals surface area contributed by atoms with Crippen LogP contribution in [0.1, 0.15) is 43.7 Å². The third kappa shape index (κ3) is 4.81. The second-order valence-corrected chi connectivity index (χ2v) is 9.00. The Kier molecular flexibility index (Phi) is 6.45. The van der Waals surface area contributed by atoms with Crippen molar-refractivity contribution in [2.75, 3.05) is 5.32 Å². The molecule has 0 aliphatic carbocycles. The second-order valence-electron chi connectivity index (χ2n) is 8.00. The molecule has 0 spiro atoms. The fourth-order valence-electron chi connectivity index (χ4n) is 3.77. The number of primary amides is 1. The Labute approximate surface area is 212 Å². The van der Waals surface area contributed by atoms with Crippen molar-refractivity contribution in [2.45, 2.75) is 20.0 Å². The van der Waals surface area contributed by atoms with Crippen LogP contribution in [0, 0.1) is 6.92 Å². The van der Waals surface area contributed by atoms with Gasteiger partial charge in [0, 0.05) is 10.9 Å². The van der Waals surface area contributed by atoms with Crippen LogP contribution in [0.15, 0.2) is 69.7 Å². The number of halogens is 2. The number of hydrogen-bond donors (Lipinski definition) is 2. The maximum absolute atomic E-state index is 13.5. The summed E-state index contributed by atoms with van der Waals surface area (Å²) in [7, 11) is 0. The van der Waals surface area contributed by atoms with Crippen molar-refractivity contribution in [1.82, 2.24) is 4.98 Å². The normalized spacial score (nSPS) is 11.2. The molecular formula is C26H19F2N3O5S. The van der Waals surface area contributed by atoms with E-state index in [9.17, 15) is 18.4 Å². The van der Waals surface area contributed by atoms with E-state index < -0.39 is 23.9 Å². The van der Waals surface area contributed by atoms with Gasteiger partial charge in [-0.2, -0.15) is 0 Å². The molecule has 0 fully saturated rings. The predicted octanol–water partition coefficient (Wildman–Crippen LogP) is 6.33. The lowest BCUT2D eigenvalue weighted by atomic mass is 10.1. The molecule has 37 heavy (non-hydrogen) atoms. The molecule has 0 saturated carbocycles. The minimum Gasteiger partial charge on any atom is -0.485 e. The molecule has 2 amide bonds. The molecular weight excluding hydrogens is 504 g/mol. The number of anilines is 1. The summed E-state index contributed by atoms with van der Waals surface area (Å²) in [6.07, 6.45) is -1.48. The first kappa shape index (κ1) is 24.2. The van der Waals surface area contributed by atoms with E-state index in [1.54, 1.807) is 18.2 Å². The van der Waals surface area contributed by atoms with Gasteiger partial charge in [0.05, 0.1) is 12.0 Å². The van der Waals surface area contributed by atoms with Crippen molar-refractivity contribution in [1.29, 1.82) is 0 Å². The predicted molar refractivity (Wildman–Crippen MR) is 133 cm³/mol. The molecule has 0 saturated heterocycles. The van der Waals surface area contributed by atoms with E-state index in [2.05, 4.69) is 10.3 Å². The molecule has 4 heterocycles. The monoisotopic (exact) mass is 523 g/mol. The summed E-state index contributed by atoms with van der Waals surface area (Å²) in [5.74, 6) is -0.232. The van der Waals surface area contributed by atoms with Gasteiger partial charge in [0.1, 0.15) is 39.3 Å². The van der Waals surface area contributed by atoms with E-state index in [4.69, 9.17) is 19.3 Å². The van der Waals surface area contributed by atoms with Crippen LogP contribution in [0.3, 0.4) is 0 Å². The molecule has 0 aliphatic heterocycles. The topological polar surface area (TPSA) is 121 Å². The number of ether oxygens (including phenoxy) is 1. The highest BCUT2D eigenvalue weighted by Crippen LogP contribution is 2.42. The summed E-state index contributed by atoms with van der Waals surface area (Å²) < 4.78 is 43.9. The zero-order valence-corrected chi connectivity index (χ0v) is 20.1. The average molecular weight is 524 g/mol. The summed E-state index contributed by atoms with van der Waals surface area (Å²) in [5.41, 5.74) is 6.27. The number of benzene rings is 1. The molecule has 188 valence electrons. The number of aromatic nitrogens is 1. The molecule has 0 radical (unpaired) electrons. The number of nitrogens with two attached hydrogens (primary N) is 1. The largest absolute Gasteiger partial charge is 0.485 e. The van der Waals surface area contributed by atoms with Gasteiger partial charge >= 0.3 is 0 Å². The standard InChI is InChI=1S/C26H19F2N3O5S/c1-13-5-2-3-6-17(13)35-12-14-8-9-19(36-14)25(33)31-21-20-15(18-7-4-10-34-18)11-16(23(27)28)30-26(20)37-22(21)24(29)32/h2-11,23H,12H2,1H3,(H2,29,32)(H,31,33). The van der Waals surface area contributed by atoms with Gasteiger partial charge in [-0.05, 0) is 48.9 Å². The Balaban J connectivity index is 1.48. The van der Waals surface area contributed by atoms with Crippen LogP contribution in [0.25, 0.3) is 21.5 Å². The summed E-state index contributed by atoms with van der Waals surface area (Å²) in [6, 6.07) is 14.9. The van der Waals surface area contributed by atoms with Crippen LogP contribution in [0.5, 0.6) is 5.75 Å². The zero-order chi connectivity index (χ0) is 26.1. The van der Waals surface area contributed by atoms with Crippen LogP contribution in [-0.2, 0) is 6.61 Å². The van der Waals surface area contributed by atoms with Crippen molar-refractivity contribution in [3.63, 3.8) is 0 Å². The maximum atomic E-state index is 13.5. The number of nitrogens with zero attached hydrogens (tertiary/aromatic N) is 1. The number of aryl methyl sites for hydroxylation is 1. The minimum absolute atomic E-state index is 0.0336. The number of alkyl halides is 2. The quantitative estimate of drug-likeness (QED) is 0.245. The number of carbonyl (C=O) groups excluding carboxylic acids is 2. The molecule has 4 aromatic heterocycles. The molecule has 0 atom stereocenters. The number of carbonyl (C=O) groups is 2. The molecule has 0 unspecified atom stereocenters. The highest BCUT2D eigenvalue weighted by Gasteiger charge is 2.26. The number of para-hydroxylation sites is 1. The number of fused-ring (bicyclic) bond motifs is 1. The molecule has 5 rings (SSSR count). The van der Waals surface area contributed by atoms with Gasteiger partial charge in [0.2, 0.25) is 0 Å². The van der Waals surface area contributed by atoms with E-state index in [1.165, 1.54) is 12.3 Å². The van der Waals surface area contributed by atoms with Crippen LogP contribution < -0.4 is 15.8 Å². The molecule has 0 aliphatic rings. The molecule has 0 bridgehead atoms. The summed E-state index contributed by atoms with van der Waals surface area (Å²) in [4.78, 5) is 29.3. The van der Waals surface area contributed by atoms with Gasteiger partial charge < -0.3 is 24.6 Å². The first-order valence-electron chi connectivity index (χ1n) is 11.0. The SMILES string of the molecule is Cc1ccccc1OCc1ccc(C(=O)Nc2c(C(N)=O)sc3nc(C(F)F)cc(-c4ccco4)c23)o1. The molecule has 5 aromatic rings. The maximum Gasteiger partial charge on any atom is 0.291 e. The van der Waals surface area contributed by atoms with Crippen LogP contribution in [0.4, 0.5) is 14.5 Å². The smallest absolute Gasteiger partial charge is 0.291 e. The average Bonchev–Trinajstić information content (AvgIpc) is 3.63. The Morgan fingerprint density at radius 3 is 2.68 bits per heavy atom. The highest BCUT2D eigenvalue weighted by atomic mass is 32.1. The van der Waals surface area contributed by atoms with Crippen molar-refractivity contribution >= 4 is 39.1 Å². The number of hydrogen-bond acceptors (Lipinski definition) is 7. The number of amides is 2. The lowest BCUT2D eigenvalue weighted by Gasteiger charge is -2.09. The van der Waals surface area contributed by atoms with Crippen molar-refractivity contribution in [2.24, 2.45) is 5.73 Å². The van der Waals surface area contributed by atoms with E-state index in [0.717, 1.165) is 23.0 Å². The summed E-state index contributed by atoms with van der Waals surface area (Å²) >= 11 is 0.798. The van der Waals surface area contributed by atoms with Gasteiger partial charge in [-0.25, -0.2) is 13.8 Å². The Hall–Kier alpha value is -4.51. The fraction of sp³-hybridized carbons (Fsp3) is 0.115. The lowest BCUT2D eigenvalue weighted by molar-refractivity contribution is 0.0992. The van der Waals surface area contributed by atoms with E-state index in [0.29, 0.717) is 11.5 Å². The minimum atomic E-state index is -2.86. The number of thiophene rings is 1. The van der Waals surface area contributed by atoms with Crippen LogP contribution >= 0.6 is 11.3 Å². The van der Waals surface area contributed by atoms with Gasteiger partial charge in [0.25, 0.3) is 18.2 Å². The van der Waals surface area contributed by atoms with E-state index >= 15 is 0 Å². The summed E-state index contributed by atoms with van der Waals surface area (Å²) in [5, 5.41) is 2.90. The number of pyridine rings is 1. The molecule has 8 nitrogen and oxygen atoms in total. The third-order valence-corrected chi connectivity index (χ3v) is 6.60. The van der Waals surface area contributed by atoms with E-state index in [1.807, 2.05) is 31.2 Å². The first-order valence-corrected chi connectivity index (χ1v) is 11.8. The van der Waals surface area contributed by atoms with E-state index in [-0.39, 0.29) is 44.5 Å². The molecule has 1 aromatic carbocycles. The van der Waals surface area contributed by atoms with Crippen LogP contribution in [-0.4, -0.2) is 16.8 Å². The Morgan fingerprint density at radius 2 is 1.97 bits per heavy atom.